The molecule has 2 aromatic rings. The van der Waals surface area contributed by atoms with E-state index < -0.39 is 0 Å². The van der Waals surface area contributed by atoms with Crippen LogP contribution in [-0.4, -0.2) is 18.4 Å². The summed E-state index contributed by atoms with van der Waals surface area (Å²) in [5.41, 5.74) is 2.38. The molecule has 0 aliphatic carbocycles. The molecule has 2 rings (SSSR count). The highest BCUT2D eigenvalue weighted by Gasteiger charge is 2.07. The van der Waals surface area contributed by atoms with E-state index in [1.807, 2.05) is 51.1 Å². The molecule has 28 heavy (non-hydrogen) atoms. The Bertz CT molecular complexity index is 778. The van der Waals surface area contributed by atoms with Crippen molar-refractivity contribution in [2.45, 2.75) is 33.9 Å². The Morgan fingerprint density at radius 3 is 2.36 bits per heavy atom. The first kappa shape index (κ1) is 23.9. The van der Waals surface area contributed by atoms with Gasteiger partial charge in [0.15, 0.2) is 5.96 Å². The van der Waals surface area contributed by atoms with Crippen molar-refractivity contribution in [1.29, 1.82) is 0 Å². The molecule has 0 aliphatic rings. The van der Waals surface area contributed by atoms with E-state index in [0.29, 0.717) is 31.2 Å². The van der Waals surface area contributed by atoms with Crippen LogP contribution < -0.4 is 16.0 Å². The zero-order valence-electron chi connectivity index (χ0n) is 16.5. The van der Waals surface area contributed by atoms with Gasteiger partial charge in [-0.05, 0) is 30.7 Å². The van der Waals surface area contributed by atoms with Crippen molar-refractivity contribution in [3.63, 3.8) is 0 Å². The minimum atomic E-state index is -0.236. The highest BCUT2D eigenvalue weighted by Crippen LogP contribution is 2.12. The normalized spacial score (nSPS) is 11.0. The number of carbonyl (C=O) groups excluding carboxylic acids is 1. The van der Waals surface area contributed by atoms with E-state index in [0.717, 1.165) is 11.3 Å². The summed E-state index contributed by atoms with van der Waals surface area (Å²) in [6.07, 6.45) is 0. The average Bonchev–Trinajstić information content (AvgIpc) is 2.66. The topological polar surface area (TPSA) is 65.5 Å². The summed E-state index contributed by atoms with van der Waals surface area (Å²) in [7, 11) is 0. The van der Waals surface area contributed by atoms with Gasteiger partial charge in [-0.2, -0.15) is 0 Å². The lowest BCUT2D eigenvalue weighted by Crippen LogP contribution is -2.37. The van der Waals surface area contributed by atoms with Crippen LogP contribution in [0.3, 0.4) is 0 Å². The second kappa shape index (κ2) is 12.3. The van der Waals surface area contributed by atoms with Gasteiger partial charge >= 0.3 is 0 Å². The molecule has 0 heterocycles. The highest BCUT2D eigenvalue weighted by atomic mass is 127. The fourth-order valence-electron chi connectivity index (χ4n) is 2.31. The molecule has 0 unspecified atom stereocenters. The lowest BCUT2D eigenvalue weighted by atomic mass is 10.1. The number of hydrogen-bond acceptors (Lipinski definition) is 2. The van der Waals surface area contributed by atoms with Gasteiger partial charge in [-0.15, -0.1) is 24.0 Å². The quantitative estimate of drug-likeness (QED) is 0.303. The molecule has 7 heteroatoms. The number of guanidine groups is 1. The van der Waals surface area contributed by atoms with E-state index in [-0.39, 0.29) is 41.6 Å². The zero-order valence-corrected chi connectivity index (χ0v) is 18.8. The maximum Gasteiger partial charge on any atom is 0.226 e. The number of carbonyl (C=O) groups is 1. The molecule has 0 saturated carbocycles. The Labute approximate surface area is 183 Å². The third-order valence-electron chi connectivity index (χ3n) is 3.91. The Morgan fingerprint density at radius 2 is 1.75 bits per heavy atom. The van der Waals surface area contributed by atoms with Crippen LogP contribution in [0.5, 0.6) is 0 Å². The van der Waals surface area contributed by atoms with Crippen LogP contribution in [0.15, 0.2) is 53.5 Å². The van der Waals surface area contributed by atoms with E-state index in [1.165, 1.54) is 6.07 Å². The minimum Gasteiger partial charge on any atom is -0.357 e. The van der Waals surface area contributed by atoms with Crippen molar-refractivity contribution in [3.05, 3.63) is 65.5 Å². The van der Waals surface area contributed by atoms with Crippen molar-refractivity contribution >= 4 is 41.5 Å². The van der Waals surface area contributed by atoms with Crippen LogP contribution in [0.25, 0.3) is 0 Å². The molecule has 0 aromatic heterocycles. The average molecular weight is 498 g/mol. The smallest absolute Gasteiger partial charge is 0.226 e. The lowest BCUT2D eigenvalue weighted by molar-refractivity contribution is -0.118. The van der Waals surface area contributed by atoms with Gasteiger partial charge in [0.25, 0.3) is 0 Å². The van der Waals surface area contributed by atoms with Gasteiger partial charge < -0.3 is 16.0 Å². The molecule has 0 atom stereocenters. The van der Waals surface area contributed by atoms with Crippen LogP contribution in [0.1, 0.15) is 31.9 Å². The standard InChI is InChI=1S/C21H27FN4O.HI/c1-4-23-21(25-14-17-7-5-6-8-19(17)22)24-13-16-9-11-18(12-10-16)26-20(27)15(2)3;/h5-12,15H,4,13-14H2,1-3H3,(H,26,27)(H2,23,24,25);1H. The largest absolute Gasteiger partial charge is 0.357 e. The van der Waals surface area contributed by atoms with E-state index >= 15 is 0 Å². The maximum atomic E-state index is 13.7. The number of amides is 1. The molecule has 0 bridgehead atoms. The monoisotopic (exact) mass is 498 g/mol. The molecular weight excluding hydrogens is 470 g/mol. The first-order valence-electron chi connectivity index (χ1n) is 9.15. The van der Waals surface area contributed by atoms with Gasteiger partial charge in [-0.1, -0.05) is 44.2 Å². The van der Waals surface area contributed by atoms with Crippen LogP contribution in [0.4, 0.5) is 10.1 Å². The molecule has 5 nitrogen and oxygen atoms in total. The second-order valence-corrected chi connectivity index (χ2v) is 6.48. The number of nitrogens with zero attached hydrogens (tertiary/aromatic N) is 1. The third kappa shape index (κ3) is 7.84. The molecule has 0 spiro atoms. The molecule has 2 aromatic carbocycles. The summed E-state index contributed by atoms with van der Waals surface area (Å²) in [4.78, 5) is 16.3. The van der Waals surface area contributed by atoms with E-state index in [2.05, 4.69) is 20.9 Å². The van der Waals surface area contributed by atoms with Gasteiger partial charge in [0.05, 0.1) is 6.54 Å². The summed E-state index contributed by atoms with van der Waals surface area (Å²) in [6, 6.07) is 14.3. The molecule has 152 valence electrons. The minimum absolute atomic E-state index is 0. The summed E-state index contributed by atoms with van der Waals surface area (Å²) < 4.78 is 13.7. The van der Waals surface area contributed by atoms with Crippen molar-refractivity contribution in [1.82, 2.24) is 10.6 Å². The van der Waals surface area contributed by atoms with Gasteiger partial charge in [-0.3, -0.25) is 4.79 Å². The van der Waals surface area contributed by atoms with Crippen molar-refractivity contribution in [3.8, 4) is 0 Å². The molecule has 0 radical (unpaired) electrons. The molecule has 0 aliphatic heterocycles. The Hall–Kier alpha value is -2.16. The zero-order chi connectivity index (χ0) is 19.6. The van der Waals surface area contributed by atoms with Crippen LogP contribution in [0.2, 0.25) is 0 Å². The third-order valence-corrected chi connectivity index (χ3v) is 3.91. The molecule has 0 saturated heterocycles. The number of benzene rings is 2. The van der Waals surface area contributed by atoms with Gasteiger partial charge in [-0.25, -0.2) is 9.38 Å². The van der Waals surface area contributed by atoms with Crippen LogP contribution in [-0.2, 0) is 17.9 Å². The number of aliphatic imine (C=N–C) groups is 1. The van der Waals surface area contributed by atoms with E-state index in [4.69, 9.17) is 0 Å². The summed E-state index contributed by atoms with van der Waals surface area (Å²) in [5.74, 6) is 0.322. The number of halogens is 2. The van der Waals surface area contributed by atoms with Crippen molar-refractivity contribution < 1.29 is 9.18 Å². The van der Waals surface area contributed by atoms with Gasteiger partial charge in [0.1, 0.15) is 5.82 Å². The number of anilines is 1. The summed E-state index contributed by atoms with van der Waals surface area (Å²) in [5, 5.41) is 9.15. The molecule has 0 fully saturated rings. The fraction of sp³-hybridized carbons (Fsp3) is 0.333. The summed E-state index contributed by atoms with van der Waals surface area (Å²) >= 11 is 0. The fourth-order valence-corrected chi connectivity index (χ4v) is 2.31. The first-order valence-corrected chi connectivity index (χ1v) is 9.15. The Kier molecular flexibility index (Phi) is 10.5. The van der Waals surface area contributed by atoms with E-state index in [9.17, 15) is 9.18 Å². The van der Waals surface area contributed by atoms with Crippen molar-refractivity contribution in [2.24, 2.45) is 10.9 Å². The van der Waals surface area contributed by atoms with Crippen LogP contribution in [0, 0.1) is 11.7 Å². The highest BCUT2D eigenvalue weighted by molar-refractivity contribution is 14.0. The van der Waals surface area contributed by atoms with Gasteiger partial charge in [0, 0.05) is 30.3 Å². The summed E-state index contributed by atoms with van der Waals surface area (Å²) in [6.45, 7) is 7.24. The lowest BCUT2D eigenvalue weighted by Gasteiger charge is -2.12. The predicted molar refractivity (Wildman–Crippen MR) is 123 cm³/mol. The SMILES string of the molecule is CCNC(=NCc1ccc(NC(=O)C(C)C)cc1)NCc1ccccc1F.I. The van der Waals surface area contributed by atoms with Crippen molar-refractivity contribution in [2.75, 3.05) is 11.9 Å². The number of rotatable bonds is 7. The Balaban J connectivity index is 0.00000392. The molecule has 3 N–H and O–H groups in total. The predicted octanol–water partition coefficient (Wildman–Crippen LogP) is 4.29. The van der Waals surface area contributed by atoms with Gasteiger partial charge in [0.2, 0.25) is 5.91 Å². The Morgan fingerprint density at radius 1 is 1.07 bits per heavy atom. The molecule has 1 amide bonds. The number of hydrogen-bond donors (Lipinski definition) is 3. The van der Waals surface area contributed by atoms with Crippen LogP contribution >= 0.6 is 24.0 Å². The first-order chi connectivity index (χ1) is 13.0. The van der Waals surface area contributed by atoms with E-state index in [1.54, 1.807) is 12.1 Å². The second-order valence-electron chi connectivity index (χ2n) is 6.48. The maximum absolute atomic E-state index is 13.7. The number of nitrogens with one attached hydrogen (secondary N) is 3. The molecular formula is C21H28FIN4O.